The van der Waals surface area contributed by atoms with Gasteiger partial charge >= 0.3 is 0 Å². The van der Waals surface area contributed by atoms with Crippen molar-refractivity contribution in [2.75, 3.05) is 11.9 Å². The fraction of sp³-hybridized carbons (Fsp3) is 0.150. The van der Waals surface area contributed by atoms with Gasteiger partial charge in [-0.25, -0.2) is 8.78 Å². The zero-order chi connectivity index (χ0) is 18.4. The summed E-state index contributed by atoms with van der Waals surface area (Å²) in [5.74, 6) is -1.000. The number of thiophene rings is 1. The van der Waals surface area contributed by atoms with Crippen molar-refractivity contribution in [2.24, 2.45) is 0 Å². The Kier molecular flexibility index (Phi) is 4.00. The van der Waals surface area contributed by atoms with E-state index in [1.54, 1.807) is 6.07 Å². The minimum Gasteiger partial charge on any atom is -0.488 e. The lowest BCUT2D eigenvalue weighted by molar-refractivity contribution is 0.0996. The first-order valence-corrected chi connectivity index (χ1v) is 8.85. The first-order valence-electron chi connectivity index (χ1n) is 8.03. The van der Waals surface area contributed by atoms with Crippen LogP contribution in [-0.4, -0.2) is 13.0 Å². The van der Waals surface area contributed by atoms with E-state index in [0.717, 1.165) is 39.4 Å². The van der Waals surface area contributed by atoms with Gasteiger partial charge in [0.25, 0.3) is 5.91 Å². The number of amides is 1. The summed E-state index contributed by atoms with van der Waals surface area (Å²) in [7, 11) is 1.48. The molecule has 0 spiro atoms. The van der Waals surface area contributed by atoms with Gasteiger partial charge in [0, 0.05) is 29.1 Å². The second-order valence-electron chi connectivity index (χ2n) is 6.21. The SMILES string of the molecule is Cc1ccc2c(c1)-c1sc(C(=O)N(C)c3ccc(F)cc3F)cc1CO2. The Balaban J connectivity index is 1.71. The molecule has 2 heterocycles. The van der Waals surface area contributed by atoms with E-state index in [2.05, 4.69) is 0 Å². The van der Waals surface area contributed by atoms with Crippen LogP contribution in [-0.2, 0) is 6.61 Å². The van der Waals surface area contributed by atoms with Gasteiger partial charge < -0.3 is 9.64 Å². The van der Waals surface area contributed by atoms with Gasteiger partial charge in [-0.1, -0.05) is 11.6 Å². The smallest absolute Gasteiger partial charge is 0.268 e. The van der Waals surface area contributed by atoms with Crippen molar-refractivity contribution in [2.45, 2.75) is 13.5 Å². The molecule has 132 valence electrons. The number of anilines is 1. The van der Waals surface area contributed by atoms with E-state index in [1.165, 1.54) is 29.4 Å². The maximum absolute atomic E-state index is 14.0. The van der Waals surface area contributed by atoms with Gasteiger partial charge in [0.15, 0.2) is 0 Å². The number of fused-ring (bicyclic) bond motifs is 3. The number of carbonyl (C=O) groups excluding carboxylic acids is 1. The number of nitrogens with zero attached hydrogens (tertiary/aromatic N) is 1. The van der Waals surface area contributed by atoms with Crippen molar-refractivity contribution in [1.29, 1.82) is 0 Å². The average molecular weight is 371 g/mol. The first-order chi connectivity index (χ1) is 12.4. The monoisotopic (exact) mass is 371 g/mol. The third kappa shape index (κ3) is 2.76. The summed E-state index contributed by atoms with van der Waals surface area (Å²) in [6.07, 6.45) is 0. The van der Waals surface area contributed by atoms with Crippen LogP contribution in [0.15, 0.2) is 42.5 Å². The Bertz CT molecular complexity index is 1030. The average Bonchev–Trinajstić information content (AvgIpc) is 3.05. The van der Waals surface area contributed by atoms with Crippen molar-refractivity contribution in [3.63, 3.8) is 0 Å². The molecule has 3 aromatic rings. The summed E-state index contributed by atoms with van der Waals surface area (Å²) in [6.45, 7) is 2.39. The maximum Gasteiger partial charge on any atom is 0.268 e. The largest absolute Gasteiger partial charge is 0.488 e. The lowest BCUT2D eigenvalue weighted by Gasteiger charge is -2.17. The Morgan fingerprint density at radius 2 is 1.96 bits per heavy atom. The summed E-state index contributed by atoms with van der Waals surface area (Å²) < 4.78 is 32.9. The molecule has 0 bridgehead atoms. The van der Waals surface area contributed by atoms with E-state index in [4.69, 9.17) is 4.74 Å². The van der Waals surface area contributed by atoms with E-state index in [0.29, 0.717) is 11.5 Å². The van der Waals surface area contributed by atoms with Crippen molar-refractivity contribution in [3.05, 3.63) is 70.1 Å². The quantitative estimate of drug-likeness (QED) is 0.622. The Labute approximate surface area is 153 Å². The van der Waals surface area contributed by atoms with E-state index < -0.39 is 11.6 Å². The zero-order valence-electron chi connectivity index (χ0n) is 14.2. The molecule has 3 nitrogen and oxygen atoms in total. The zero-order valence-corrected chi connectivity index (χ0v) is 15.0. The predicted molar refractivity (Wildman–Crippen MR) is 97.9 cm³/mol. The molecule has 0 N–H and O–H groups in total. The molecule has 1 aliphatic heterocycles. The fourth-order valence-electron chi connectivity index (χ4n) is 3.00. The second kappa shape index (κ2) is 6.21. The highest BCUT2D eigenvalue weighted by molar-refractivity contribution is 7.17. The van der Waals surface area contributed by atoms with Crippen molar-refractivity contribution >= 4 is 22.9 Å². The molecular formula is C20H15F2NO2S. The van der Waals surface area contributed by atoms with Gasteiger partial charge in [0.2, 0.25) is 0 Å². The fourth-order valence-corrected chi connectivity index (χ4v) is 4.16. The third-order valence-electron chi connectivity index (χ3n) is 4.36. The minimum absolute atomic E-state index is 0.0373. The lowest BCUT2D eigenvalue weighted by Crippen LogP contribution is -2.26. The van der Waals surface area contributed by atoms with Crippen LogP contribution < -0.4 is 9.64 Å². The molecule has 0 radical (unpaired) electrons. The molecule has 0 aliphatic carbocycles. The van der Waals surface area contributed by atoms with E-state index in [1.807, 2.05) is 25.1 Å². The number of hydrogen-bond donors (Lipinski definition) is 0. The van der Waals surface area contributed by atoms with Crippen LogP contribution in [0.2, 0.25) is 0 Å². The Morgan fingerprint density at radius 3 is 2.73 bits per heavy atom. The van der Waals surface area contributed by atoms with Crippen LogP contribution in [0.1, 0.15) is 20.8 Å². The molecular weight excluding hydrogens is 356 g/mol. The normalized spacial score (nSPS) is 12.2. The van der Waals surface area contributed by atoms with Crippen LogP contribution in [0, 0.1) is 18.6 Å². The molecule has 1 aliphatic rings. The van der Waals surface area contributed by atoms with Gasteiger partial charge in [-0.3, -0.25) is 4.79 Å². The number of benzene rings is 2. The van der Waals surface area contributed by atoms with E-state index >= 15 is 0 Å². The molecule has 6 heteroatoms. The van der Waals surface area contributed by atoms with Crippen LogP contribution >= 0.6 is 11.3 Å². The van der Waals surface area contributed by atoms with Crippen molar-refractivity contribution in [1.82, 2.24) is 0 Å². The number of ether oxygens (including phenoxy) is 1. The molecule has 1 amide bonds. The standard InChI is InChI=1S/C20H15F2NO2S/c1-11-3-6-17-14(7-11)19-12(10-25-17)8-18(26-19)20(24)23(2)16-5-4-13(21)9-15(16)22/h3-9H,10H2,1-2H3. The molecule has 0 atom stereocenters. The van der Waals surface area contributed by atoms with Gasteiger partial charge in [-0.15, -0.1) is 11.3 Å². The number of hydrogen-bond acceptors (Lipinski definition) is 3. The maximum atomic E-state index is 14.0. The molecule has 0 saturated carbocycles. The van der Waals surface area contributed by atoms with Gasteiger partial charge in [0.05, 0.1) is 10.6 Å². The Morgan fingerprint density at radius 1 is 1.15 bits per heavy atom. The highest BCUT2D eigenvalue weighted by atomic mass is 32.1. The molecule has 1 aromatic heterocycles. The van der Waals surface area contributed by atoms with Gasteiger partial charge in [0.1, 0.15) is 24.0 Å². The summed E-state index contributed by atoms with van der Waals surface area (Å²) in [5, 5.41) is 0. The molecule has 0 saturated heterocycles. The second-order valence-corrected chi connectivity index (χ2v) is 7.27. The first kappa shape index (κ1) is 16.7. The van der Waals surface area contributed by atoms with Crippen LogP contribution in [0.3, 0.4) is 0 Å². The van der Waals surface area contributed by atoms with Crippen molar-refractivity contribution < 1.29 is 18.3 Å². The highest BCUT2D eigenvalue weighted by Gasteiger charge is 2.25. The summed E-state index contributed by atoms with van der Waals surface area (Å²) in [5.41, 5.74) is 3.04. The molecule has 0 fully saturated rings. The number of rotatable bonds is 2. The minimum atomic E-state index is -0.772. The summed E-state index contributed by atoms with van der Waals surface area (Å²) in [4.78, 5) is 15.5. The topological polar surface area (TPSA) is 29.5 Å². The van der Waals surface area contributed by atoms with E-state index in [-0.39, 0.29) is 11.6 Å². The molecule has 0 unspecified atom stereocenters. The molecule has 26 heavy (non-hydrogen) atoms. The Hall–Kier alpha value is -2.73. The number of halogens is 2. The summed E-state index contributed by atoms with van der Waals surface area (Å²) >= 11 is 1.36. The van der Waals surface area contributed by atoms with Crippen LogP contribution in [0.25, 0.3) is 10.4 Å². The van der Waals surface area contributed by atoms with E-state index in [9.17, 15) is 13.6 Å². The van der Waals surface area contributed by atoms with Crippen LogP contribution in [0.4, 0.5) is 14.5 Å². The number of aryl methyl sites for hydroxylation is 1. The summed E-state index contributed by atoms with van der Waals surface area (Å²) in [6, 6.07) is 10.9. The third-order valence-corrected chi connectivity index (χ3v) is 5.56. The molecule has 2 aromatic carbocycles. The van der Waals surface area contributed by atoms with Gasteiger partial charge in [-0.2, -0.15) is 0 Å². The lowest BCUT2D eigenvalue weighted by atomic mass is 10.0. The number of carbonyl (C=O) groups is 1. The van der Waals surface area contributed by atoms with Gasteiger partial charge in [-0.05, 0) is 37.3 Å². The van der Waals surface area contributed by atoms with Crippen LogP contribution in [0.5, 0.6) is 5.75 Å². The molecule has 4 rings (SSSR count). The van der Waals surface area contributed by atoms with Crippen molar-refractivity contribution in [3.8, 4) is 16.2 Å². The highest BCUT2D eigenvalue weighted by Crippen LogP contribution is 2.43. The predicted octanol–water partition coefficient (Wildman–Crippen LogP) is 5.17.